The second kappa shape index (κ2) is 10.0. The maximum atomic E-state index is 12.0. The fourth-order valence-electron chi connectivity index (χ4n) is 2.88. The number of rotatable bonds is 8. The van der Waals surface area contributed by atoms with Crippen LogP contribution in [0.15, 0.2) is 58.9 Å². The SMILES string of the molecule is COc1ccccc1-c1nc(C)c(-c2ccc(SCC(=O)NCc3cccs3)nn2)s1. The van der Waals surface area contributed by atoms with Crippen molar-refractivity contribution in [3.05, 3.63) is 64.5 Å². The number of nitrogens with zero attached hydrogens (tertiary/aromatic N) is 3. The standard InChI is InChI=1S/C22H20N4O2S3/c1-14-21(31-22(24-14)16-7-3-4-8-18(16)28-2)17-9-10-20(26-25-17)30-13-19(27)23-12-15-6-5-11-29-15/h3-11H,12-13H2,1-2H3,(H,23,27). The lowest BCUT2D eigenvalue weighted by Crippen LogP contribution is -2.24. The van der Waals surface area contributed by atoms with Gasteiger partial charge in [0.2, 0.25) is 5.91 Å². The van der Waals surface area contributed by atoms with Crippen LogP contribution in [0.2, 0.25) is 0 Å². The van der Waals surface area contributed by atoms with Gasteiger partial charge in [-0.3, -0.25) is 4.79 Å². The summed E-state index contributed by atoms with van der Waals surface area (Å²) in [7, 11) is 1.66. The molecule has 3 aromatic heterocycles. The predicted octanol–water partition coefficient (Wildman–Crippen LogP) is 5.05. The van der Waals surface area contributed by atoms with E-state index < -0.39 is 0 Å². The van der Waals surface area contributed by atoms with Gasteiger partial charge in [-0.05, 0) is 42.6 Å². The second-order valence-electron chi connectivity index (χ2n) is 6.54. The minimum Gasteiger partial charge on any atom is -0.496 e. The molecule has 158 valence electrons. The molecule has 4 rings (SSSR count). The zero-order chi connectivity index (χ0) is 21.6. The molecule has 6 nitrogen and oxygen atoms in total. The van der Waals surface area contributed by atoms with Crippen LogP contribution in [0.3, 0.4) is 0 Å². The molecular formula is C22H20N4O2S3. The number of para-hydroxylation sites is 1. The molecule has 0 spiro atoms. The molecule has 0 unspecified atom stereocenters. The van der Waals surface area contributed by atoms with Crippen molar-refractivity contribution in [2.75, 3.05) is 12.9 Å². The fraction of sp³-hybridized carbons (Fsp3) is 0.182. The maximum absolute atomic E-state index is 12.0. The van der Waals surface area contributed by atoms with E-state index in [1.165, 1.54) is 11.8 Å². The third kappa shape index (κ3) is 5.30. The average Bonchev–Trinajstić information content (AvgIpc) is 3.46. The Kier molecular flexibility index (Phi) is 6.96. The Morgan fingerprint density at radius 2 is 2.00 bits per heavy atom. The third-order valence-electron chi connectivity index (χ3n) is 4.40. The molecule has 0 aliphatic rings. The van der Waals surface area contributed by atoms with E-state index in [2.05, 4.69) is 15.5 Å². The first-order valence-electron chi connectivity index (χ1n) is 9.51. The number of hydrogen-bond donors (Lipinski definition) is 1. The summed E-state index contributed by atoms with van der Waals surface area (Å²) in [5, 5.41) is 15.1. The molecular weight excluding hydrogens is 448 g/mol. The van der Waals surface area contributed by atoms with E-state index in [4.69, 9.17) is 9.72 Å². The largest absolute Gasteiger partial charge is 0.496 e. The van der Waals surface area contributed by atoms with Crippen molar-refractivity contribution in [2.45, 2.75) is 18.5 Å². The van der Waals surface area contributed by atoms with Crippen LogP contribution in [-0.2, 0) is 11.3 Å². The number of aryl methyl sites for hydroxylation is 1. The van der Waals surface area contributed by atoms with E-state index in [1.807, 2.05) is 60.8 Å². The van der Waals surface area contributed by atoms with Gasteiger partial charge in [0, 0.05) is 4.88 Å². The van der Waals surface area contributed by atoms with Gasteiger partial charge in [-0.1, -0.05) is 30.0 Å². The molecule has 0 saturated heterocycles. The van der Waals surface area contributed by atoms with Gasteiger partial charge < -0.3 is 10.1 Å². The topological polar surface area (TPSA) is 77.0 Å². The minimum atomic E-state index is -0.0240. The number of thioether (sulfide) groups is 1. The molecule has 0 bridgehead atoms. The minimum absolute atomic E-state index is 0.0240. The molecule has 3 heterocycles. The number of aromatic nitrogens is 3. The van der Waals surface area contributed by atoms with E-state index in [-0.39, 0.29) is 5.91 Å². The van der Waals surface area contributed by atoms with Gasteiger partial charge in [-0.15, -0.1) is 32.9 Å². The molecule has 0 radical (unpaired) electrons. The number of nitrogens with one attached hydrogen (secondary N) is 1. The fourth-order valence-corrected chi connectivity index (χ4v) is 5.23. The summed E-state index contributed by atoms with van der Waals surface area (Å²) in [6.07, 6.45) is 0. The highest BCUT2D eigenvalue weighted by Crippen LogP contribution is 2.38. The van der Waals surface area contributed by atoms with Crippen molar-refractivity contribution < 1.29 is 9.53 Å². The van der Waals surface area contributed by atoms with E-state index in [9.17, 15) is 4.79 Å². The monoisotopic (exact) mass is 468 g/mol. The number of methoxy groups -OCH3 is 1. The van der Waals surface area contributed by atoms with Gasteiger partial charge >= 0.3 is 0 Å². The Bertz CT molecular complexity index is 1160. The summed E-state index contributed by atoms with van der Waals surface area (Å²) in [6.45, 7) is 2.52. The highest BCUT2D eigenvalue weighted by atomic mass is 32.2. The molecule has 1 amide bonds. The Balaban J connectivity index is 1.40. The Hall–Kier alpha value is -2.75. The average molecular weight is 469 g/mol. The number of thiazole rings is 1. The zero-order valence-corrected chi connectivity index (χ0v) is 19.4. The molecule has 9 heteroatoms. The maximum Gasteiger partial charge on any atom is 0.230 e. The van der Waals surface area contributed by atoms with Crippen LogP contribution in [0.5, 0.6) is 5.75 Å². The summed E-state index contributed by atoms with van der Waals surface area (Å²) >= 11 is 4.56. The lowest BCUT2D eigenvalue weighted by Gasteiger charge is -2.04. The van der Waals surface area contributed by atoms with Gasteiger partial charge in [0.1, 0.15) is 21.5 Å². The molecule has 1 N–H and O–H groups in total. The quantitative estimate of drug-likeness (QED) is 0.365. The molecule has 4 aromatic rings. The van der Waals surface area contributed by atoms with Crippen molar-refractivity contribution in [3.8, 4) is 26.9 Å². The van der Waals surface area contributed by atoms with Gasteiger partial charge in [-0.2, -0.15) is 0 Å². The predicted molar refractivity (Wildman–Crippen MR) is 127 cm³/mol. The van der Waals surface area contributed by atoms with Crippen molar-refractivity contribution >= 4 is 40.3 Å². The second-order valence-corrected chi connectivity index (χ2v) is 9.56. The zero-order valence-electron chi connectivity index (χ0n) is 17.0. The van der Waals surface area contributed by atoms with E-state index in [0.717, 1.165) is 37.5 Å². The first-order valence-corrected chi connectivity index (χ1v) is 12.2. The molecule has 31 heavy (non-hydrogen) atoms. The van der Waals surface area contributed by atoms with Crippen LogP contribution < -0.4 is 10.1 Å². The molecule has 0 aliphatic heterocycles. The van der Waals surface area contributed by atoms with E-state index in [0.29, 0.717) is 17.3 Å². The number of thiophene rings is 1. The molecule has 0 aliphatic carbocycles. The third-order valence-corrected chi connectivity index (χ3v) is 7.41. The number of ether oxygens (including phenoxy) is 1. The number of carbonyl (C=O) groups excluding carboxylic acids is 1. The highest BCUT2D eigenvalue weighted by molar-refractivity contribution is 7.99. The Labute approximate surface area is 192 Å². The van der Waals surface area contributed by atoms with Gasteiger partial charge in [0.15, 0.2) is 0 Å². The molecule has 1 aromatic carbocycles. The first-order chi connectivity index (χ1) is 15.1. The van der Waals surface area contributed by atoms with Gasteiger partial charge in [0.25, 0.3) is 0 Å². The molecule has 0 saturated carbocycles. The molecule has 0 fully saturated rings. The van der Waals surface area contributed by atoms with Gasteiger partial charge in [-0.25, -0.2) is 4.98 Å². The smallest absolute Gasteiger partial charge is 0.230 e. The van der Waals surface area contributed by atoms with Crippen LogP contribution in [0.4, 0.5) is 0 Å². The summed E-state index contributed by atoms with van der Waals surface area (Å²) < 4.78 is 5.46. The van der Waals surface area contributed by atoms with Crippen LogP contribution in [0.25, 0.3) is 21.1 Å². The highest BCUT2D eigenvalue weighted by Gasteiger charge is 2.15. The first kappa shape index (κ1) is 21.5. The lowest BCUT2D eigenvalue weighted by molar-refractivity contribution is -0.118. The van der Waals surface area contributed by atoms with E-state index in [1.54, 1.807) is 29.8 Å². The molecule has 0 atom stereocenters. The number of carbonyl (C=O) groups is 1. The summed E-state index contributed by atoms with van der Waals surface area (Å²) in [6, 6.07) is 15.6. The van der Waals surface area contributed by atoms with Crippen molar-refractivity contribution in [2.24, 2.45) is 0 Å². The van der Waals surface area contributed by atoms with Gasteiger partial charge in [0.05, 0.1) is 35.5 Å². The van der Waals surface area contributed by atoms with E-state index >= 15 is 0 Å². The van der Waals surface area contributed by atoms with Crippen LogP contribution in [0.1, 0.15) is 10.6 Å². The van der Waals surface area contributed by atoms with Crippen molar-refractivity contribution in [3.63, 3.8) is 0 Å². The Morgan fingerprint density at radius 3 is 2.74 bits per heavy atom. The Morgan fingerprint density at radius 1 is 1.13 bits per heavy atom. The lowest BCUT2D eigenvalue weighted by atomic mass is 10.2. The summed E-state index contributed by atoms with van der Waals surface area (Å²) in [5.41, 5.74) is 2.62. The number of amides is 1. The summed E-state index contributed by atoms with van der Waals surface area (Å²) in [5.74, 6) is 1.07. The normalized spacial score (nSPS) is 10.8. The van der Waals surface area contributed by atoms with Crippen molar-refractivity contribution in [1.29, 1.82) is 0 Å². The van der Waals surface area contributed by atoms with Crippen LogP contribution in [-0.4, -0.2) is 34.0 Å². The van der Waals surface area contributed by atoms with Crippen molar-refractivity contribution in [1.82, 2.24) is 20.5 Å². The van der Waals surface area contributed by atoms with Crippen LogP contribution >= 0.6 is 34.4 Å². The summed E-state index contributed by atoms with van der Waals surface area (Å²) in [4.78, 5) is 18.9. The van der Waals surface area contributed by atoms with Crippen LogP contribution in [0, 0.1) is 6.92 Å². The number of benzene rings is 1. The number of hydrogen-bond acceptors (Lipinski definition) is 8.